The van der Waals surface area contributed by atoms with Crippen molar-refractivity contribution in [2.75, 3.05) is 25.1 Å². The molecule has 0 bridgehead atoms. The van der Waals surface area contributed by atoms with Crippen LogP contribution in [-0.4, -0.2) is 34.5 Å². The van der Waals surface area contributed by atoms with Crippen LogP contribution in [0.5, 0.6) is 5.75 Å². The van der Waals surface area contributed by atoms with Crippen LogP contribution < -0.4 is 14.4 Å². The number of rotatable bonds is 6. The maximum atomic E-state index is 12.4. The molecule has 6 nitrogen and oxygen atoms in total. The molecule has 1 aliphatic rings. The molecule has 1 heterocycles. The Balaban J connectivity index is 1.60. The second kappa shape index (κ2) is 7.26. The van der Waals surface area contributed by atoms with Gasteiger partial charge in [-0.2, -0.15) is 0 Å². The number of nitrogens with zero attached hydrogens (tertiary/aromatic N) is 1. The molecule has 0 saturated carbocycles. The average molecular weight is 395 g/mol. The highest BCUT2D eigenvalue weighted by molar-refractivity contribution is 7.89. The smallest absolute Gasteiger partial charge is 0.240 e. The van der Waals surface area contributed by atoms with Crippen molar-refractivity contribution in [3.05, 3.63) is 52.5 Å². The molecule has 3 rings (SSSR count). The fraction of sp³-hybridized carbons (Fsp3) is 0.278. The van der Waals surface area contributed by atoms with Crippen LogP contribution in [0.2, 0.25) is 5.02 Å². The summed E-state index contributed by atoms with van der Waals surface area (Å²) >= 11 is 5.96. The molecule has 0 fully saturated rings. The normalized spacial score (nSPS) is 13.8. The van der Waals surface area contributed by atoms with Crippen LogP contribution in [-0.2, 0) is 21.2 Å². The highest BCUT2D eigenvalue weighted by Gasteiger charge is 2.26. The molecule has 0 saturated heterocycles. The van der Waals surface area contributed by atoms with E-state index in [4.69, 9.17) is 16.3 Å². The summed E-state index contributed by atoms with van der Waals surface area (Å²) in [5.74, 6) is 0.583. The molecule has 1 amide bonds. The lowest BCUT2D eigenvalue weighted by Crippen LogP contribution is -2.28. The van der Waals surface area contributed by atoms with Crippen LogP contribution >= 0.6 is 11.6 Å². The van der Waals surface area contributed by atoms with E-state index in [1.165, 1.54) is 11.0 Å². The molecule has 26 heavy (non-hydrogen) atoms. The number of carbonyl (C=O) groups excluding carboxylic acids is 1. The van der Waals surface area contributed by atoms with Gasteiger partial charge in [-0.3, -0.25) is 4.79 Å². The van der Waals surface area contributed by atoms with Crippen molar-refractivity contribution in [2.45, 2.75) is 18.2 Å². The minimum Gasteiger partial charge on any atom is -0.492 e. The SMILES string of the molecule is Cc1cc(OCCNS(=O)(=O)c2ccc3c(c2)CC(=O)N3C)ccc1Cl. The van der Waals surface area contributed by atoms with Gasteiger partial charge in [-0.1, -0.05) is 11.6 Å². The summed E-state index contributed by atoms with van der Waals surface area (Å²) < 4.78 is 32.9. The molecule has 0 radical (unpaired) electrons. The van der Waals surface area contributed by atoms with Gasteiger partial charge in [0.15, 0.2) is 0 Å². The third-order valence-electron chi connectivity index (χ3n) is 4.23. The van der Waals surface area contributed by atoms with Crippen molar-refractivity contribution in [1.29, 1.82) is 0 Å². The first-order valence-electron chi connectivity index (χ1n) is 8.06. The summed E-state index contributed by atoms with van der Waals surface area (Å²) in [6, 6.07) is 9.96. The van der Waals surface area contributed by atoms with Crippen molar-refractivity contribution >= 4 is 33.2 Å². The number of likely N-dealkylation sites (N-methyl/N-ethyl adjacent to an activating group) is 1. The molecule has 0 atom stereocenters. The Kier molecular flexibility index (Phi) is 5.22. The Morgan fingerprint density at radius 1 is 1.23 bits per heavy atom. The van der Waals surface area contributed by atoms with Gasteiger partial charge in [0, 0.05) is 24.3 Å². The summed E-state index contributed by atoms with van der Waals surface area (Å²) in [5, 5.41) is 0.652. The molecular formula is C18H19ClN2O4S. The molecule has 0 spiro atoms. The van der Waals surface area contributed by atoms with E-state index in [9.17, 15) is 13.2 Å². The Hall–Kier alpha value is -2.09. The van der Waals surface area contributed by atoms with Gasteiger partial charge in [-0.05, 0) is 54.4 Å². The zero-order valence-corrected chi connectivity index (χ0v) is 16.0. The van der Waals surface area contributed by atoms with Crippen LogP contribution in [0, 0.1) is 6.92 Å². The number of anilines is 1. The van der Waals surface area contributed by atoms with E-state index in [0.29, 0.717) is 16.3 Å². The Morgan fingerprint density at radius 3 is 2.73 bits per heavy atom. The topological polar surface area (TPSA) is 75.7 Å². The summed E-state index contributed by atoms with van der Waals surface area (Å²) in [4.78, 5) is 13.4. The van der Waals surface area contributed by atoms with Gasteiger partial charge < -0.3 is 9.64 Å². The Bertz CT molecular complexity index is 960. The average Bonchev–Trinajstić information content (AvgIpc) is 2.89. The molecule has 0 aliphatic carbocycles. The third-order valence-corrected chi connectivity index (χ3v) is 6.11. The number of nitrogens with one attached hydrogen (secondary N) is 1. The molecule has 1 aliphatic heterocycles. The predicted molar refractivity (Wildman–Crippen MR) is 100 cm³/mol. The van der Waals surface area contributed by atoms with E-state index < -0.39 is 10.0 Å². The van der Waals surface area contributed by atoms with Gasteiger partial charge in [0.25, 0.3) is 0 Å². The monoisotopic (exact) mass is 394 g/mol. The second-order valence-electron chi connectivity index (χ2n) is 6.08. The number of carbonyl (C=O) groups is 1. The summed E-state index contributed by atoms with van der Waals surface area (Å²) in [7, 11) is -1.99. The summed E-state index contributed by atoms with van der Waals surface area (Å²) in [6.45, 7) is 2.18. The van der Waals surface area contributed by atoms with E-state index >= 15 is 0 Å². The fourth-order valence-corrected chi connectivity index (χ4v) is 3.93. The first kappa shape index (κ1) is 18.7. The molecule has 0 unspecified atom stereocenters. The minimum atomic E-state index is -3.67. The number of amides is 1. The van der Waals surface area contributed by atoms with E-state index in [1.54, 1.807) is 37.4 Å². The second-order valence-corrected chi connectivity index (χ2v) is 8.25. The first-order chi connectivity index (χ1) is 12.3. The number of sulfonamides is 1. The van der Waals surface area contributed by atoms with E-state index in [1.807, 2.05) is 6.92 Å². The molecule has 0 aromatic heterocycles. The zero-order chi connectivity index (χ0) is 18.9. The van der Waals surface area contributed by atoms with Crippen molar-refractivity contribution < 1.29 is 17.9 Å². The standard InChI is InChI=1S/C18H19ClN2O4S/c1-12-9-14(3-5-16(12)19)25-8-7-20-26(23,24)15-4-6-17-13(10-15)11-18(22)21(17)2/h3-6,9-10,20H,7-8,11H2,1-2H3. The van der Waals surface area contributed by atoms with Gasteiger partial charge in [0.1, 0.15) is 12.4 Å². The van der Waals surface area contributed by atoms with Crippen LogP contribution in [0.15, 0.2) is 41.3 Å². The number of benzene rings is 2. The largest absolute Gasteiger partial charge is 0.492 e. The number of hydrogen-bond acceptors (Lipinski definition) is 4. The Labute approximate surface area is 157 Å². The predicted octanol–water partition coefficient (Wildman–Crippen LogP) is 2.52. The summed E-state index contributed by atoms with van der Waals surface area (Å²) in [5.41, 5.74) is 2.35. The highest BCUT2D eigenvalue weighted by atomic mass is 35.5. The fourth-order valence-electron chi connectivity index (χ4n) is 2.75. The highest BCUT2D eigenvalue weighted by Crippen LogP contribution is 2.29. The van der Waals surface area contributed by atoms with Crippen LogP contribution in [0.1, 0.15) is 11.1 Å². The number of ether oxygens (including phenoxy) is 1. The van der Waals surface area contributed by atoms with E-state index in [0.717, 1.165) is 11.3 Å². The van der Waals surface area contributed by atoms with Gasteiger partial charge in [-0.15, -0.1) is 0 Å². The molecule has 2 aromatic carbocycles. The number of aryl methyl sites for hydroxylation is 1. The number of halogens is 1. The van der Waals surface area contributed by atoms with Crippen LogP contribution in [0.25, 0.3) is 0 Å². The first-order valence-corrected chi connectivity index (χ1v) is 9.92. The van der Waals surface area contributed by atoms with Crippen molar-refractivity contribution in [3.8, 4) is 5.75 Å². The molecule has 2 aromatic rings. The molecular weight excluding hydrogens is 376 g/mol. The lowest BCUT2D eigenvalue weighted by Gasteiger charge is -2.12. The number of fused-ring (bicyclic) bond motifs is 1. The van der Waals surface area contributed by atoms with Crippen molar-refractivity contribution in [2.24, 2.45) is 0 Å². The summed E-state index contributed by atoms with van der Waals surface area (Å²) in [6.07, 6.45) is 0.216. The van der Waals surface area contributed by atoms with Gasteiger partial charge in [-0.25, -0.2) is 13.1 Å². The maximum absolute atomic E-state index is 12.4. The van der Waals surface area contributed by atoms with Gasteiger partial charge >= 0.3 is 0 Å². The molecule has 1 N–H and O–H groups in total. The Morgan fingerprint density at radius 2 is 2.00 bits per heavy atom. The van der Waals surface area contributed by atoms with Crippen LogP contribution in [0.3, 0.4) is 0 Å². The third kappa shape index (κ3) is 3.85. The van der Waals surface area contributed by atoms with Crippen molar-refractivity contribution in [1.82, 2.24) is 4.72 Å². The maximum Gasteiger partial charge on any atom is 0.240 e. The quantitative estimate of drug-likeness (QED) is 0.764. The van der Waals surface area contributed by atoms with Crippen molar-refractivity contribution in [3.63, 3.8) is 0 Å². The van der Waals surface area contributed by atoms with Crippen LogP contribution in [0.4, 0.5) is 5.69 Å². The van der Waals surface area contributed by atoms with E-state index in [-0.39, 0.29) is 30.4 Å². The molecule has 8 heteroatoms. The minimum absolute atomic E-state index is 0.0471. The lowest BCUT2D eigenvalue weighted by molar-refractivity contribution is -0.117. The zero-order valence-electron chi connectivity index (χ0n) is 14.5. The van der Waals surface area contributed by atoms with E-state index in [2.05, 4.69) is 4.72 Å². The number of hydrogen-bond donors (Lipinski definition) is 1. The molecule has 138 valence electrons. The van der Waals surface area contributed by atoms with Gasteiger partial charge in [0.05, 0.1) is 11.3 Å². The van der Waals surface area contributed by atoms with Gasteiger partial charge in [0.2, 0.25) is 15.9 Å². The lowest BCUT2D eigenvalue weighted by atomic mass is 10.2.